The third-order valence-corrected chi connectivity index (χ3v) is 4.62. The number of carboxylic acid groups (broad SMARTS) is 1. The van der Waals surface area contributed by atoms with Gasteiger partial charge in [0.15, 0.2) is 9.84 Å². The Balaban J connectivity index is 2.50. The van der Waals surface area contributed by atoms with Crippen LogP contribution < -0.4 is 10.6 Å². The second-order valence-electron chi connectivity index (χ2n) is 4.49. The molecule has 1 fully saturated rings. The van der Waals surface area contributed by atoms with Gasteiger partial charge in [0.25, 0.3) is 0 Å². The second kappa shape index (κ2) is 6.55. The number of nitrogens with one attached hydrogen (secondary N) is 2. The molecule has 0 saturated carbocycles. The third-order valence-electron chi connectivity index (χ3n) is 2.80. The molecule has 8 heteroatoms. The highest BCUT2D eigenvalue weighted by molar-refractivity contribution is 7.91. The summed E-state index contributed by atoms with van der Waals surface area (Å²) in [6.45, 7) is 3.41. The molecule has 0 aromatic rings. The van der Waals surface area contributed by atoms with Crippen molar-refractivity contribution in [3.8, 4) is 0 Å². The maximum absolute atomic E-state index is 11.6. The molecule has 0 aromatic heterocycles. The molecule has 1 rings (SSSR count). The van der Waals surface area contributed by atoms with E-state index in [0.29, 0.717) is 12.8 Å². The van der Waals surface area contributed by atoms with E-state index in [2.05, 4.69) is 17.2 Å². The van der Waals surface area contributed by atoms with Gasteiger partial charge in [-0.25, -0.2) is 18.0 Å². The number of carbonyl (C=O) groups excluding carboxylic acids is 1. The van der Waals surface area contributed by atoms with E-state index >= 15 is 0 Å². The molecule has 1 saturated heterocycles. The van der Waals surface area contributed by atoms with Crippen molar-refractivity contribution in [1.82, 2.24) is 10.6 Å². The third kappa shape index (κ3) is 5.29. The Kier molecular flexibility index (Phi) is 5.34. The fraction of sp³-hybridized carbons (Fsp3) is 0.636. The van der Waals surface area contributed by atoms with Crippen molar-refractivity contribution in [3.63, 3.8) is 0 Å². The average Bonchev–Trinajstić information content (AvgIpc) is 2.26. The highest BCUT2D eigenvalue weighted by Gasteiger charge is 2.27. The molecule has 108 valence electrons. The Morgan fingerprint density at radius 3 is 2.68 bits per heavy atom. The van der Waals surface area contributed by atoms with Crippen molar-refractivity contribution in [3.05, 3.63) is 12.7 Å². The van der Waals surface area contributed by atoms with Crippen molar-refractivity contribution in [2.45, 2.75) is 31.3 Å². The minimum Gasteiger partial charge on any atom is -0.480 e. The zero-order valence-electron chi connectivity index (χ0n) is 10.5. The molecule has 0 aliphatic carbocycles. The normalized spacial score (nSPS) is 23.1. The number of aliphatic carboxylic acids is 1. The molecule has 2 atom stereocenters. The van der Waals surface area contributed by atoms with Gasteiger partial charge in [0, 0.05) is 6.04 Å². The second-order valence-corrected chi connectivity index (χ2v) is 6.72. The number of amides is 2. The standard InChI is InChI=1S/C11H18N2O5S/c1-2-4-9(10(14)15)13-11(16)12-8-5-3-6-19(17,18)7-8/h2,8-9H,1,3-7H2,(H,14,15)(H2,12,13,16). The van der Waals surface area contributed by atoms with E-state index in [-0.39, 0.29) is 17.9 Å². The van der Waals surface area contributed by atoms with E-state index < -0.39 is 33.9 Å². The SMILES string of the molecule is C=CCC(NC(=O)NC1CCCS(=O)(=O)C1)C(=O)O. The van der Waals surface area contributed by atoms with Crippen LogP contribution in [-0.2, 0) is 14.6 Å². The van der Waals surface area contributed by atoms with Crippen LogP contribution in [0, 0.1) is 0 Å². The lowest BCUT2D eigenvalue weighted by Crippen LogP contribution is -2.51. The first kappa shape index (κ1) is 15.5. The lowest BCUT2D eigenvalue weighted by atomic mass is 10.2. The summed E-state index contributed by atoms with van der Waals surface area (Å²) >= 11 is 0. The van der Waals surface area contributed by atoms with Gasteiger partial charge in [-0.2, -0.15) is 0 Å². The minimum absolute atomic E-state index is 0.0976. The molecular formula is C11H18N2O5S. The van der Waals surface area contributed by atoms with Crippen molar-refractivity contribution < 1.29 is 23.1 Å². The Morgan fingerprint density at radius 2 is 2.16 bits per heavy atom. The van der Waals surface area contributed by atoms with Crippen LogP contribution in [0.3, 0.4) is 0 Å². The van der Waals surface area contributed by atoms with E-state index in [9.17, 15) is 18.0 Å². The van der Waals surface area contributed by atoms with Crippen LogP contribution in [0.15, 0.2) is 12.7 Å². The molecule has 0 spiro atoms. The number of hydrogen-bond donors (Lipinski definition) is 3. The predicted molar refractivity (Wildman–Crippen MR) is 69.6 cm³/mol. The maximum atomic E-state index is 11.6. The summed E-state index contributed by atoms with van der Waals surface area (Å²) in [5.41, 5.74) is 0. The topological polar surface area (TPSA) is 113 Å². The zero-order valence-corrected chi connectivity index (χ0v) is 11.3. The number of sulfone groups is 1. The van der Waals surface area contributed by atoms with Crippen molar-refractivity contribution in [1.29, 1.82) is 0 Å². The van der Waals surface area contributed by atoms with Gasteiger partial charge in [-0.15, -0.1) is 6.58 Å². The highest BCUT2D eigenvalue weighted by atomic mass is 32.2. The fourth-order valence-corrected chi connectivity index (χ4v) is 3.55. The first-order valence-electron chi connectivity index (χ1n) is 5.95. The maximum Gasteiger partial charge on any atom is 0.326 e. The van der Waals surface area contributed by atoms with Crippen molar-refractivity contribution >= 4 is 21.8 Å². The zero-order chi connectivity index (χ0) is 14.5. The van der Waals surface area contributed by atoms with Gasteiger partial charge in [-0.3, -0.25) is 0 Å². The van der Waals surface area contributed by atoms with Crippen LogP contribution in [0.4, 0.5) is 4.79 Å². The van der Waals surface area contributed by atoms with E-state index in [1.165, 1.54) is 6.08 Å². The monoisotopic (exact) mass is 290 g/mol. The lowest BCUT2D eigenvalue weighted by molar-refractivity contribution is -0.139. The smallest absolute Gasteiger partial charge is 0.326 e. The molecule has 1 heterocycles. The summed E-state index contributed by atoms with van der Waals surface area (Å²) in [7, 11) is -3.11. The Morgan fingerprint density at radius 1 is 1.47 bits per heavy atom. The molecule has 7 nitrogen and oxygen atoms in total. The van der Waals surface area contributed by atoms with Gasteiger partial charge >= 0.3 is 12.0 Å². The summed E-state index contributed by atoms with van der Waals surface area (Å²) < 4.78 is 22.8. The van der Waals surface area contributed by atoms with Crippen LogP contribution in [0.2, 0.25) is 0 Å². The van der Waals surface area contributed by atoms with Crippen LogP contribution in [0.25, 0.3) is 0 Å². The highest BCUT2D eigenvalue weighted by Crippen LogP contribution is 2.11. The van der Waals surface area contributed by atoms with Crippen molar-refractivity contribution in [2.24, 2.45) is 0 Å². The van der Waals surface area contributed by atoms with Gasteiger partial charge in [0.05, 0.1) is 11.5 Å². The molecule has 3 N–H and O–H groups in total. The molecule has 19 heavy (non-hydrogen) atoms. The molecule has 1 aliphatic rings. The predicted octanol–water partition coefficient (Wildman–Crippen LogP) is -0.108. The first-order valence-corrected chi connectivity index (χ1v) is 7.77. The molecule has 2 unspecified atom stereocenters. The first-order chi connectivity index (χ1) is 8.84. The Hall–Kier alpha value is -1.57. The van der Waals surface area contributed by atoms with E-state index in [1.54, 1.807) is 0 Å². The number of carbonyl (C=O) groups is 2. The molecule has 2 amide bonds. The quantitative estimate of drug-likeness (QED) is 0.612. The fourth-order valence-electron chi connectivity index (χ4n) is 1.91. The van der Waals surface area contributed by atoms with Gasteiger partial charge in [-0.05, 0) is 19.3 Å². The van der Waals surface area contributed by atoms with Crippen LogP contribution in [-0.4, -0.2) is 49.1 Å². The molecule has 1 aliphatic heterocycles. The summed E-state index contributed by atoms with van der Waals surface area (Å²) in [6, 6.07) is -2.19. The van der Waals surface area contributed by atoms with Crippen LogP contribution in [0.1, 0.15) is 19.3 Å². The summed E-state index contributed by atoms with van der Waals surface area (Å²) in [5, 5.41) is 13.6. The van der Waals surface area contributed by atoms with E-state index in [0.717, 1.165) is 0 Å². The van der Waals surface area contributed by atoms with Gasteiger partial charge in [-0.1, -0.05) is 6.08 Å². The van der Waals surface area contributed by atoms with Gasteiger partial charge in [0.2, 0.25) is 0 Å². The lowest BCUT2D eigenvalue weighted by Gasteiger charge is -2.24. The molecule has 0 radical (unpaired) electrons. The summed E-state index contributed by atoms with van der Waals surface area (Å²) in [6.07, 6.45) is 2.57. The van der Waals surface area contributed by atoms with Crippen LogP contribution >= 0.6 is 0 Å². The number of rotatable bonds is 5. The van der Waals surface area contributed by atoms with Gasteiger partial charge < -0.3 is 15.7 Å². The average molecular weight is 290 g/mol. The largest absolute Gasteiger partial charge is 0.480 e. The summed E-state index contributed by atoms with van der Waals surface area (Å²) in [5.74, 6) is -1.12. The van der Waals surface area contributed by atoms with Gasteiger partial charge in [0.1, 0.15) is 6.04 Å². The number of urea groups is 1. The Labute approximate surface area is 112 Å². The van der Waals surface area contributed by atoms with Crippen molar-refractivity contribution in [2.75, 3.05) is 11.5 Å². The molecular weight excluding hydrogens is 272 g/mol. The Bertz CT molecular complexity index is 460. The molecule has 0 aromatic carbocycles. The van der Waals surface area contributed by atoms with E-state index in [4.69, 9.17) is 5.11 Å². The minimum atomic E-state index is -3.11. The van der Waals surface area contributed by atoms with E-state index in [1.807, 2.05) is 0 Å². The number of hydrogen-bond acceptors (Lipinski definition) is 4. The summed E-state index contributed by atoms with van der Waals surface area (Å²) in [4.78, 5) is 22.4. The number of carboxylic acids is 1. The van der Waals surface area contributed by atoms with Crippen LogP contribution in [0.5, 0.6) is 0 Å². The molecule has 0 bridgehead atoms.